The molecule has 0 atom stereocenters. The zero-order valence-electron chi connectivity index (χ0n) is 9.06. The lowest BCUT2D eigenvalue weighted by molar-refractivity contribution is 1.25. The fourth-order valence-corrected chi connectivity index (χ4v) is 0.884. The number of hydrogen-bond donors (Lipinski definition) is 0. The summed E-state index contributed by atoms with van der Waals surface area (Å²) in [6, 6.07) is 0. The van der Waals surface area contributed by atoms with Gasteiger partial charge in [0.2, 0.25) is 0 Å². The van der Waals surface area contributed by atoms with Crippen LogP contribution in [0, 0.1) is 0 Å². The van der Waals surface area contributed by atoms with Crippen LogP contribution in [0.1, 0.15) is 6.92 Å². The molecule has 78 valence electrons. The molecule has 0 fully saturated rings. The molecule has 0 saturated heterocycles. The first kappa shape index (κ1) is 13.0. The van der Waals surface area contributed by atoms with E-state index < -0.39 is 0 Å². The van der Waals surface area contributed by atoms with Gasteiger partial charge in [-0.05, 0) is 19.1 Å². The largest absolute Gasteiger partial charge is 0.259 e. The van der Waals surface area contributed by atoms with Crippen LogP contribution < -0.4 is 0 Å². The monoisotopic (exact) mass is 200 g/mol. The Hall–Kier alpha value is -1.96. The van der Waals surface area contributed by atoms with Gasteiger partial charge in [0.1, 0.15) is 0 Å². The van der Waals surface area contributed by atoms with Crippen molar-refractivity contribution in [3.8, 4) is 0 Å². The van der Waals surface area contributed by atoms with Gasteiger partial charge in [0, 0.05) is 12.4 Å². The predicted molar refractivity (Wildman–Crippen MR) is 69.4 cm³/mol. The molecule has 0 aromatic heterocycles. The second-order valence-electron chi connectivity index (χ2n) is 2.48. The van der Waals surface area contributed by atoms with E-state index in [0.717, 1.165) is 11.4 Å². The van der Waals surface area contributed by atoms with E-state index in [9.17, 15) is 0 Å². The minimum absolute atomic E-state index is 0.725. The highest BCUT2D eigenvalue weighted by Crippen LogP contribution is 2.12. The van der Waals surface area contributed by atoms with Crippen LogP contribution in [-0.2, 0) is 0 Å². The summed E-state index contributed by atoms with van der Waals surface area (Å²) in [6.07, 6.45) is 11.8. The van der Waals surface area contributed by atoms with E-state index in [2.05, 4.69) is 29.7 Å². The summed E-state index contributed by atoms with van der Waals surface area (Å²) in [5, 5.41) is 0. The molecule has 2 heteroatoms. The van der Waals surface area contributed by atoms with Gasteiger partial charge in [-0.25, -0.2) is 0 Å². The van der Waals surface area contributed by atoms with Crippen LogP contribution in [0.15, 0.2) is 71.5 Å². The van der Waals surface area contributed by atoms with Crippen LogP contribution in [0.4, 0.5) is 0 Å². The van der Waals surface area contributed by atoms with Crippen LogP contribution in [0.2, 0.25) is 0 Å². The van der Waals surface area contributed by atoms with Crippen molar-refractivity contribution in [2.24, 2.45) is 9.98 Å². The van der Waals surface area contributed by atoms with Gasteiger partial charge in [0.05, 0.1) is 11.4 Å². The third kappa shape index (κ3) is 5.37. The van der Waals surface area contributed by atoms with Crippen molar-refractivity contribution in [3.05, 3.63) is 61.5 Å². The third-order valence-corrected chi connectivity index (χ3v) is 1.40. The van der Waals surface area contributed by atoms with E-state index in [1.165, 1.54) is 0 Å². The molecule has 0 spiro atoms. The standard InChI is InChI=1S/C13H16N2/c1-5-9-12(14-8-4)13(10-6-2)15-11-7-3/h5-11H,1-3H2,4H3/b12-9-,13-10-,14-8?,15-11?. The number of aliphatic imine (C=N–C) groups is 2. The van der Waals surface area contributed by atoms with Gasteiger partial charge in [-0.15, -0.1) is 0 Å². The summed E-state index contributed by atoms with van der Waals surface area (Å²) in [4.78, 5) is 8.37. The first-order valence-electron chi connectivity index (χ1n) is 4.59. The first-order chi connectivity index (χ1) is 7.29. The van der Waals surface area contributed by atoms with Crippen molar-refractivity contribution in [2.75, 3.05) is 0 Å². The van der Waals surface area contributed by atoms with Gasteiger partial charge in [-0.1, -0.05) is 38.0 Å². The molecule has 2 nitrogen and oxygen atoms in total. The molecule has 0 N–H and O–H groups in total. The highest BCUT2D eigenvalue weighted by molar-refractivity contribution is 5.72. The van der Waals surface area contributed by atoms with Gasteiger partial charge in [-0.3, -0.25) is 9.98 Å². The van der Waals surface area contributed by atoms with Crippen molar-refractivity contribution in [3.63, 3.8) is 0 Å². The summed E-state index contributed by atoms with van der Waals surface area (Å²) < 4.78 is 0. The molecule has 0 aliphatic heterocycles. The van der Waals surface area contributed by atoms with Crippen molar-refractivity contribution in [1.82, 2.24) is 0 Å². The summed E-state index contributed by atoms with van der Waals surface area (Å²) in [5.74, 6) is 0. The van der Waals surface area contributed by atoms with E-state index in [0.29, 0.717) is 0 Å². The summed E-state index contributed by atoms with van der Waals surface area (Å²) in [5.41, 5.74) is 1.47. The molecule has 0 bridgehead atoms. The fourth-order valence-electron chi connectivity index (χ4n) is 0.884. The van der Waals surface area contributed by atoms with Gasteiger partial charge < -0.3 is 0 Å². The minimum Gasteiger partial charge on any atom is -0.259 e. The smallest absolute Gasteiger partial charge is 0.0885 e. The number of allylic oxidation sites excluding steroid dienone is 5. The van der Waals surface area contributed by atoms with E-state index in [4.69, 9.17) is 0 Å². The molecule has 0 saturated carbocycles. The summed E-state index contributed by atoms with van der Waals surface area (Å²) >= 11 is 0. The number of rotatable bonds is 6. The summed E-state index contributed by atoms with van der Waals surface area (Å²) in [6.45, 7) is 12.7. The third-order valence-electron chi connectivity index (χ3n) is 1.40. The van der Waals surface area contributed by atoms with Crippen molar-refractivity contribution in [1.29, 1.82) is 0 Å². The van der Waals surface area contributed by atoms with Crippen LogP contribution in [-0.4, -0.2) is 12.4 Å². The lowest BCUT2D eigenvalue weighted by Crippen LogP contribution is -1.84. The van der Waals surface area contributed by atoms with Gasteiger partial charge >= 0.3 is 0 Å². The maximum absolute atomic E-state index is 4.19. The molecular weight excluding hydrogens is 184 g/mol. The first-order valence-corrected chi connectivity index (χ1v) is 4.59. The molecule has 0 heterocycles. The molecule has 0 radical (unpaired) electrons. The van der Waals surface area contributed by atoms with Gasteiger partial charge in [0.15, 0.2) is 0 Å². The van der Waals surface area contributed by atoms with E-state index in [1.807, 2.05) is 6.92 Å². The van der Waals surface area contributed by atoms with Gasteiger partial charge in [0.25, 0.3) is 0 Å². The van der Waals surface area contributed by atoms with Crippen molar-refractivity contribution in [2.45, 2.75) is 6.92 Å². The molecule has 0 amide bonds. The van der Waals surface area contributed by atoms with E-state index in [-0.39, 0.29) is 0 Å². The maximum atomic E-state index is 4.19. The molecule has 15 heavy (non-hydrogen) atoms. The Morgan fingerprint density at radius 1 is 0.867 bits per heavy atom. The normalized spacial score (nSPS) is 13.4. The second-order valence-corrected chi connectivity index (χ2v) is 2.48. The van der Waals surface area contributed by atoms with Crippen LogP contribution in [0.25, 0.3) is 0 Å². The Morgan fingerprint density at radius 2 is 1.40 bits per heavy atom. The fraction of sp³-hybridized carbons (Fsp3) is 0.0769. The average molecular weight is 200 g/mol. The lowest BCUT2D eigenvalue weighted by Gasteiger charge is -1.99. The maximum Gasteiger partial charge on any atom is 0.0885 e. The molecular formula is C13H16N2. The minimum atomic E-state index is 0.725. The number of nitrogens with zero attached hydrogens (tertiary/aromatic N) is 2. The second kappa shape index (κ2) is 8.63. The SMILES string of the molecule is C=CC=NC(=C\C=C)/C(=C/C=C)N=CC. The number of hydrogen-bond acceptors (Lipinski definition) is 2. The molecule has 0 aromatic carbocycles. The Kier molecular flexibility index (Phi) is 7.50. The van der Waals surface area contributed by atoms with Gasteiger partial charge in [-0.2, -0.15) is 0 Å². The van der Waals surface area contributed by atoms with E-state index in [1.54, 1.807) is 42.8 Å². The zero-order valence-corrected chi connectivity index (χ0v) is 9.06. The molecule has 0 aliphatic carbocycles. The van der Waals surface area contributed by atoms with E-state index >= 15 is 0 Å². The Morgan fingerprint density at radius 3 is 1.80 bits per heavy atom. The Labute approximate surface area is 91.5 Å². The Balaban J connectivity index is 5.18. The van der Waals surface area contributed by atoms with Crippen LogP contribution >= 0.6 is 0 Å². The highest BCUT2D eigenvalue weighted by Gasteiger charge is 1.97. The van der Waals surface area contributed by atoms with Crippen molar-refractivity contribution >= 4 is 12.4 Å². The lowest BCUT2D eigenvalue weighted by atomic mass is 10.3. The van der Waals surface area contributed by atoms with Crippen LogP contribution in [0.5, 0.6) is 0 Å². The molecule has 0 rings (SSSR count). The molecule has 0 unspecified atom stereocenters. The molecule has 0 aliphatic rings. The topological polar surface area (TPSA) is 24.7 Å². The highest BCUT2D eigenvalue weighted by atomic mass is 14.8. The zero-order chi connectivity index (χ0) is 11.5. The Bertz CT molecular complexity index is 342. The molecule has 0 aromatic rings. The quantitative estimate of drug-likeness (QED) is 0.463. The summed E-state index contributed by atoms with van der Waals surface area (Å²) in [7, 11) is 0. The van der Waals surface area contributed by atoms with Crippen molar-refractivity contribution < 1.29 is 0 Å². The predicted octanol–water partition coefficient (Wildman–Crippen LogP) is 3.47. The average Bonchev–Trinajstić information content (AvgIpc) is 2.24. The van der Waals surface area contributed by atoms with Crippen LogP contribution in [0.3, 0.4) is 0 Å².